The van der Waals surface area contributed by atoms with E-state index in [9.17, 15) is 14.4 Å². The first kappa shape index (κ1) is 27.0. The first-order valence-corrected chi connectivity index (χ1v) is 14.4. The van der Waals surface area contributed by atoms with Crippen molar-refractivity contribution in [2.45, 2.75) is 64.6 Å². The molecule has 1 saturated heterocycles. The highest BCUT2D eigenvalue weighted by atomic mass is 16.2. The van der Waals surface area contributed by atoms with Crippen LogP contribution in [0.1, 0.15) is 56.7 Å². The number of benzene rings is 2. The SMILES string of the molecule is CC(C)(C)CN1Cc2c(ccc3[nH]ncc23)CC[C@@H](NC(=O)N2CCC3(CC2)N=C(c2ccccc2)NC3=O)C1=O. The smallest absolute Gasteiger partial charge is 0.318 e. The van der Waals surface area contributed by atoms with E-state index in [1.807, 2.05) is 47.5 Å². The molecular weight excluding hydrogens is 518 g/mol. The number of fused-ring (bicyclic) bond motifs is 3. The molecule has 10 heteroatoms. The van der Waals surface area contributed by atoms with Gasteiger partial charge in [-0.2, -0.15) is 5.10 Å². The van der Waals surface area contributed by atoms with Gasteiger partial charge >= 0.3 is 6.03 Å². The molecule has 1 fully saturated rings. The van der Waals surface area contributed by atoms with Crippen molar-refractivity contribution in [3.05, 3.63) is 65.4 Å². The number of piperidine rings is 1. The molecular formula is C31H37N7O3. The number of carbonyl (C=O) groups excluding carboxylic acids is 3. The van der Waals surface area contributed by atoms with E-state index in [0.717, 1.165) is 22.0 Å². The van der Waals surface area contributed by atoms with Crippen molar-refractivity contribution >= 4 is 34.6 Å². The minimum absolute atomic E-state index is 0.0693. The number of rotatable bonds is 3. The molecule has 214 valence electrons. The standard InChI is InChI=1S/C31H37N7O3/c1-30(2,3)19-38-18-23-20(9-11-24-22(23)17-32-36-24)10-12-25(27(38)39)33-29(41)37-15-13-31(14-16-37)28(40)34-26(35-31)21-7-5-4-6-8-21/h4-9,11,17,25H,10,12-16,18-19H2,1-3H3,(H,32,36)(H,33,41)(H,34,35,40)/t25-/m1/s1. The molecule has 1 aromatic heterocycles. The van der Waals surface area contributed by atoms with Crippen molar-refractivity contribution in [2.24, 2.45) is 10.4 Å². The molecule has 0 saturated carbocycles. The minimum Gasteiger partial charge on any atom is -0.336 e. The molecule has 6 rings (SSSR count). The Morgan fingerprint density at radius 3 is 2.59 bits per heavy atom. The Bertz CT molecular complexity index is 1510. The third-order valence-electron chi connectivity index (χ3n) is 8.36. The fourth-order valence-corrected chi connectivity index (χ4v) is 6.20. The molecule has 0 bridgehead atoms. The number of hydrogen-bond acceptors (Lipinski definition) is 5. The summed E-state index contributed by atoms with van der Waals surface area (Å²) in [6.07, 6.45) is 3.88. The Balaban J connectivity index is 1.17. The number of likely N-dealkylation sites (tertiary alicyclic amines) is 1. The van der Waals surface area contributed by atoms with Crippen LogP contribution in [-0.2, 0) is 22.6 Å². The molecule has 10 nitrogen and oxygen atoms in total. The third kappa shape index (κ3) is 5.30. The van der Waals surface area contributed by atoms with Gasteiger partial charge in [-0.05, 0) is 48.3 Å². The van der Waals surface area contributed by atoms with Gasteiger partial charge in [-0.15, -0.1) is 0 Å². The maximum atomic E-state index is 13.9. The summed E-state index contributed by atoms with van der Waals surface area (Å²) in [5.41, 5.74) is 3.14. The van der Waals surface area contributed by atoms with Crippen molar-refractivity contribution in [1.82, 2.24) is 30.6 Å². The van der Waals surface area contributed by atoms with Gasteiger partial charge in [0, 0.05) is 37.1 Å². The summed E-state index contributed by atoms with van der Waals surface area (Å²) in [6, 6.07) is 12.8. The lowest BCUT2D eigenvalue weighted by atomic mass is 9.88. The molecule has 2 aromatic carbocycles. The zero-order chi connectivity index (χ0) is 28.8. The average molecular weight is 556 g/mol. The van der Waals surface area contributed by atoms with Crippen molar-refractivity contribution in [2.75, 3.05) is 19.6 Å². The van der Waals surface area contributed by atoms with Gasteiger partial charge in [-0.25, -0.2) is 4.79 Å². The van der Waals surface area contributed by atoms with E-state index in [4.69, 9.17) is 4.99 Å². The highest BCUT2D eigenvalue weighted by Crippen LogP contribution is 2.32. The predicted octanol–water partition coefficient (Wildman–Crippen LogP) is 3.37. The third-order valence-corrected chi connectivity index (χ3v) is 8.36. The second kappa shape index (κ2) is 10.3. The van der Waals surface area contributed by atoms with Crippen molar-refractivity contribution in [1.29, 1.82) is 0 Å². The van der Waals surface area contributed by atoms with Gasteiger partial charge < -0.3 is 20.4 Å². The number of urea groups is 1. The molecule has 0 radical (unpaired) electrons. The molecule has 4 heterocycles. The van der Waals surface area contributed by atoms with E-state index >= 15 is 0 Å². The summed E-state index contributed by atoms with van der Waals surface area (Å²) in [4.78, 5) is 48.7. The maximum absolute atomic E-state index is 13.9. The number of aromatic amines is 1. The second-order valence-corrected chi connectivity index (χ2v) is 12.6. The number of aryl methyl sites for hydroxylation is 1. The van der Waals surface area contributed by atoms with Crippen LogP contribution >= 0.6 is 0 Å². The number of nitrogens with one attached hydrogen (secondary N) is 3. The summed E-state index contributed by atoms with van der Waals surface area (Å²) in [6.45, 7) is 8.14. The van der Waals surface area contributed by atoms with Crippen LogP contribution in [-0.4, -0.2) is 74.9 Å². The van der Waals surface area contributed by atoms with Gasteiger partial charge in [0.05, 0.1) is 11.7 Å². The number of H-pyrrole nitrogens is 1. The van der Waals surface area contributed by atoms with Gasteiger partial charge in [-0.1, -0.05) is 57.2 Å². The van der Waals surface area contributed by atoms with Crippen LogP contribution in [0, 0.1) is 5.41 Å². The molecule has 4 amide bonds. The summed E-state index contributed by atoms with van der Waals surface area (Å²) in [5.74, 6) is 0.399. The molecule has 3 aliphatic heterocycles. The molecule has 0 unspecified atom stereocenters. The van der Waals surface area contributed by atoms with Crippen LogP contribution in [0.4, 0.5) is 4.79 Å². The number of nitrogens with zero attached hydrogens (tertiary/aromatic N) is 4. The van der Waals surface area contributed by atoms with Gasteiger partial charge in [-0.3, -0.25) is 19.7 Å². The topological polar surface area (TPSA) is 123 Å². The molecule has 1 spiro atoms. The Labute approximate surface area is 239 Å². The first-order chi connectivity index (χ1) is 19.6. The lowest BCUT2D eigenvalue weighted by molar-refractivity contribution is -0.135. The summed E-state index contributed by atoms with van der Waals surface area (Å²) >= 11 is 0. The van der Waals surface area contributed by atoms with Crippen LogP contribution < -0.4 is 10.6 Å². The van der Waals surface area contributed by atoms with Crippen LogP contribution in [0.15, 0.2) is 53.7 Å². The number of amidine groups is 1. The van der Waals surface area contributed by atoms with Crippen LogP contribution in [0.25, 0.3) is 10.9 Å². The van der Waals surface area contributed by atoms with Crippen molar-refractivity contribution in [3.63, 3.8) is 0 Å². The molecule has 3 N–H and O–H groups in total. The fraction of sp³-hybridized carbons (Fsp3) is 0.452. The van der Waals surface area contributed by atoms with Gasteiger partial charge in [0.1, 0.15) is 17.4 Å². The van der Waals surface area contributed by atoms with E-state index in [-0.39, 0.29) is 23.3 Å². The molecule has 0 aliphatic carbocycles. The largest absolute Gasteiger partial charge is 0.336 e. The molecule has 1 atom stereocenters. The Morgan fingerprint density at radius 2 is 1.85 bits per heavy atom. The lowest BCUT2D eigenvalue weighted by Crippen LogP contribution is -2.57. The first-order valence-electron chi connectivity index (χ1n) is 14.4. The van der Waals surface area contributed by atoms with E-state index < -0.39 is 11.6 Å². The number of aliphatic imine (C=N–C) groups is 1. The van der Waals surface area contributed by atoms with Gasteiger partial charge in [0.2, 0.25) is 5.91 Å². The van der Waals surface area contributed by atoms with E-state index in [1.54, 1.807) is 4.90 Å². The Hall–Kier alpha value is -4.21. The van der Waals surface area contributed by atoms with E-state index in [1.165, 1.54) is 5.56 Å². The maximum Gasteiger partial charge on any atom is 0.318 e. The normalized spacial score (nSPS) is 20.9. The summed E-state index contributed by atoms with van der Waals surface area (Å²) < 4.78 is 0. The fourth-order valence-electron chi connectivity index (χ4n) is 6.20. The monoisotopic (exact) mass is 555 g/mol. The van der Waals surface area contributed by atoms with E-state index in [0.29, 0.717) is 57.7 Å². The number of carbonyl (C=O) groups is 3. The summed E-state index contributed by atoms with van der Waals surface area (Å²) in [7, 11) is 0. The zero-order valence-electron chi connectivity index (χ0n) is 23.9. The molecule has 41 heavy (non-hydrogen) atoms. The van der Waals surface area contributed by atoms with Crippen LogP contribution in [0.3, 0.4) is 0 Å². The quantitative estimate of drug-likeness (QED) is 0.459. The lowest BCUT2D eigenvalue weighted by Gasteiger charge is -2.38. The predicted molar refractivity (Wildman–Crippen MR) is 156 cm³/mol. The number of aromatic nitrogens is 2. The van der Waals surface area contributed by atoms with Crippen molar-refractivity contribution in [3.8, 4) is 0 Å². The number of hydrogen-bond donors (Lipinski definition) is 3. The molecule has 3 aliphatic rings. The number of amides is 4. The van der Waals surface area contributed by atoms with Gasteiger partial charge in [0.15, 0.2) is 0 Å². The Morgan fingerprint density at radius 1 is 1.10 bits per heavy atom. The summed E-state index contributed by atoms with van der Waals surface area (Å²) in [5, 5.41) is 14.3. The van der Waals surface area contributed by atoms with Gasteiger partial charge in [0.25, 0.3) is 5.91 Å². The average Bonchev–Trinajstić information content (AvgIpc) is 3.55. The minimum atomic E-state index is -0.857. The van der Waals surface area contributed by atoms with Crippen LogP contribution in [0.5, 0.6) is 0 Å². The zero-order valence-corrected chi connectivity index (χ0v) is 23.9. The highest BCUT2D eigenvalue weighted by molar-refractivity contribution is 6.15. The van der Waals surface area contributed by atoms with Crippen molar-refractivity contribution < 1.29 is 14.4 Å². The van der Waals surface area contributed by atoms with E-state index in [2.05, 4.69) is 47.7 Å². The Kier molecular flexibility index (Phi) is 6.79. The highest BCUT2D eigenvalue weighted by Gasteiger charge is 2.47. The molecule has 3 aromatic rings. The second-order valence-electron chi connectivity index (χ2n) is 12.6. The van der Waals surface area contributed by atoms with Crippen LogP contribution in [0.2, 0.25) is 0 Å².